The Hall–Kier alpha value is -3.07. The molecule has 36 heavy (non-hydrogen) atoms. The number of hydrogen-bond acceptors (Lipinski definition) is 5. The van der Waals surface area contributed by atoms with Crippen LogP contribution < -0.4 is 14.4 Å². The van der Waals surface area contributed by atoms with Crippen LogP contribution in [-0.4, -0.2) is 57.6 Å². The summed E-state index contributed by atoms with van der Waals surface area (Å²) in [5, 5.41) is 2.92. The van der Waals surface area contributed by atoms with Gasteiger partial charge in [-0.15, -0.1) is 0 Å². The molecule has 0 aliphatic rings. The van der Waals surface area contributed by atoms with E-state index in [9.17, 15) is 18.0 Å². The molecule has 0 bridgehead atoms. The summed E-state index contributed by atoms with van der Waals surface area (Å²) in [5.41, 5.74) is 2.95. The summed E-state index contributed by atoms with van der Waals surface area (Å²) in [6.07, 6.45) is 1.47. The van der Waals surface area contributed by atoms with E-state index in [0.29, 0.717) is 24.4 Å². The van der Waals surface area contributed by atoms with E-state index in [0.717, 1.165) is 27.3 Å². The summed E-state index contributed by atoms with van der Waals surface area (Å²) in [5.74, 6) is 0.216. The SMILES string of the molecule is CC[C@@H](C(=O)NCC(C)C)N(Cc1ccc(OC)cc1)C(=O)CN(c1cccc(C)c1C)S(C)(=O)=O. The molecular formula is C27H39N3O5S. The second kappa shape index (κ2) is 12.8. The van der Waals surface area contributed by atoms with Crippen molar-refractivity contribution in [1.82, 2.24) is 10.2 Å². The smallest absolute Gasteiger partial charge is 0.244 e. The van der Waals surface area contributed by atoms with E-state index in [4.69, 9.17) is 4.74 Å². The van der Waals surface area contributed by atoms with E-state index < -0.39 is 28.5 Å². The van der Waals surface area contributed by atoms with Gasteiger partial charge in [-0.3, -0.25) is 13.9 Å². The number of aryl methyl sites for hydroxylation is 1. The molecule has 1 N–H and O–H groups in total. The van der Waals surface area contributed by atoms with Crippen molar-refractivity contribution in [3.05, 3.63) is 59.2 Å². The number of methoxy groups -OCH3 is 1. The third kappa shape index (κ3) is 7.71. The van der Waals surface area contributed by atoms with Gasteiger partial charge in [-0.25, -0.2) is 8.42 Å². The molecule has 0 aromatic heterocycles. The van der Waals surface area contributed by atoms with Gasteiger partial charge < -0.3 is 15.0 Å². The Labute approximate surface area is 215 Å². The first-order valence-electron chi connectivity index (χ1n) is 12.1. The molecule has 2 aromatic rings. The van der Waals surface area contributed by atoms with Crippen molar-refractivity contribution < 1.29 is 22.7 Å². The predicted octanol–water partition coefficient (Wildman–Crippen LogP) is 3.66. The third-order valence-corrected chi connectivity index (χ3v) is 7.23. The number of nitrogens with zero attached hydrogens (tertiary/aromatic N) is 2. The quantitative estimate of drug-likeness (QED) is 0.464. The lowest BCUT2D eigenvalue weighted by Gasteiger charge is -2.33. The van der Waals surface area contributed by atoms with Gasteiger partial charge in [0.15, 0.2) is 0 Å². The number of carbonyl (C=O) groups is 2. The highest BCUT2D eigenvalue weighted by atomic mass is 32.2. The third-order valence-electron chi connectivity index (χ3n) is 6.11. The first kappa shape index (κ1) is 29.2. The van der Waals surface area contributed by atoms with Gasteiger partial charge in [0.05, 0.1) is 19.1 Å². The van der Waals surface area contributed by atoms with Gasteiger partial charge in [0.2, 0.25) is 21.8 Å². The van der Waals surface area contributed by atoms with E-state index in [-0.39, 0.29) is 18.4 Å². The van der Waals surface area contributed by atoms with E-state index in [2.05, 4.69) is 5.32 Å². The molecule has 2 aromatic carbocycles. The van der Waals surface area contributed by atoms with Crippen LogP contribution in [0.15, 0.2) is 42.5 Å². The van der Waals surface area contributed by atoms with Crippen LogP contribution in [0.2, 0.25) is 0 Å². The van der Waals surface area contributed by atoms with E-state index in [1.54, 1.807) is 31.4 Å². The Morgan fingerprint density at radius 1 is 1.06 bits per heavy atom. The van der Waals surface area contributed by atoms with Crippen LogP contribution in [0.1, 0.15) is 43.9 Å². The lowest BCUT2D eigenvalue weighted by atomic mass is 10.1. The molecule has 0 heterocycles. The number of carbonyl (C=O) groups excluding carboxylic acids is 2. The lowest BCUT2D eigenvalue weighted by molar-refractivity contribution is -0.140. The molecule has 1 atom stereocenters. The zero-order chi connectivity index (χ0) is 27.0. The second-order valence-corrected chi connectivity index (χ2v) is 11.3. The Morgan fingerprint density at radius 2 is 1.69 bits per heavy atom. The normalized spacial score (nSPS) is 12.2. The standard InChI is InChI=1S/C27H39N3O5S/c1-8-24(27(32)28-16-19(2)3)29(17-22-12-14-23(35-6)15-13-22)26(31)18-30(36(7,33)34)25-11-9-10-20(4)21(25)5/h9-15,19,24H,8,16-18H2,1-7H3,(H,28,32)/t24-/m0/s1. The first-order chi connectivity index (χ1) is 16.9. The number of nitrogens with one attached hydrogen (secondary N) is 1. The molecule has 0 saturated carbocycles. The van der Waals surface area contributed by atoms with Gasteiger partial charge in [0.1, 0.15) is 18.3 Å². The largest absolute Gasteiger partial charge is 0.497 e. The average Bonchev–Trinajstić information content (AvgIpc) is 2.82. The predicted molar refractivity (Wildman–Crippen MR) is 144 cm³/mol. The zero-order valence-corrected chi connectivity index (χ0v) is 23.2. The van der Waals surface area contributed by atoms with Crippen LogP contribution in [0.5, 0.6) is 5.75 Å². The lowest BCUT2D eigenvalue weighted by Crippen LogP contribution is -2.52. The molecule has 0 radical (unpaired) electrons. The Morgan fingerprint density at radius 3 is 2.22 bits per heavy atom. The highest BCUT2D eigenvalue weighted by Gasteiger charge is 2.32. The fourth-order valence-electron chi connectivity index (χ4n) is 3.87. The maximum absolute atomic E-state index is 13.8. The first-order valence-corrected chi connectivity index (χ1v) is 14.0. The van der Waals surface area contributed by atoms with Crippen molar-refractivity contribution in [1.29, 1.82) is 0 Å². The van der Waals surface area contributed by atoms with Crippen molar-refractivity contribution in [2.75, 3.05) is 30.8 Å². The van der Waals surface area contributed by atoms with Crippen molar-refractivity contribution >= 4 is 27.5 Å². The number of amides is 2. The fraction of sp³-hybridized carbons (Fsp3) is 0.481. The minimum Gasteiger partial charge on any atom is -0.497 e. The minimum absolute atomic E-state index is 0.154. The Bertz CT molecular complexity index is 1150. The van der Waals surface area contributed by atoms with Crippen LogP contribution in [0, 0.1) is 19.8 Å². The Balaban J connectivity index is 2.46. The van der Waals surface area contributed by atoms with Crippen LogP contribution in [0.3, 0.4) is 0 Å². The van der Waals surface area contributed by atoms with Crippen molar-refractivity contribution in [2.45, 2.75) is 53.6 Å². The van der Waals surface area contributed by atoms with Gasteiger partial charge in [-0.2, -0.15) is 0 Å². The Kier molecular flexibility index (Phi) is 10.3. The average molecular weight is 518 g/mol. The maximum atomic E-state index is 13.8. The molecule has 0 aliphatic heterocycles. The molecule has 9 heteroatoms. The zero-order valence-electron chi connectivity index (χ0n) is 22.4. The van der Waals surface area contributed by atoms with Gasteiger partial charge in [-0.1, -0.05) is 45.0 Å². The number of benzene rings is 2. The summed E-state index contributed by atoms with van der Waals surface area (Å²) < 4.78 is 31.9. The summed E-state index contributed by atoms with van der Waals surface area (Å²) in [4.78, 5) is 28.3. The second-order valence-electron chi connectivity index (χ2n) is 9.42. The maximum Gasteiger partial charge on any atom is 0.244 e. The molecule has 0 fully saturated rings. The number of ether oxygens (including phenoxy) is 1. The van der Waals surface area contributed by atoms with Crippen molar-refractivity contribution in [2.24, 2.45) is 5.92 Å². The minimum atomic E-state index is -3.77. The van der Waals surface area contributed by atoms with Crippen LogP contribution >= 0.6 is 0 Å². The summed E-state index contributed by atoms with van der Waals surface area (Å²) in [6.45, 7) is 9.78. The van der Waals surface area contributed by atoms with Gasteiger partial charge in [0.25, 0.3) is 0 Å². The topological polar surface area (TPSA) is 96.0 Å². The van der Waals surface area contributed by atoms with Crippen molar-refractivity contribution in [3.8, 4) is 5.75 Å². The molecule has 0 unspecified atom stereocenters. The number of hydrogen-bond donors (Lipinski definition) is 1. The van der Waals surface area contributed by atoms with Crippen LogP contribution in [0.4, 0.5) is 5.69 Å². The molecule has 0 spiro atoms. The van der Waals surface area contributed by atoms with E-state index in [1.165, 1.54) is 4.90 Å². The highest BCUT2D eigenvalue weighted by molar-refractivity contribution is 7.92. The molecule has 198 valence electrons. The molecule has 0 aliphatic carbocycles. The summed E-state index contributed by atoms with van der Waals surface area (Å²) in [7, 11) is -2.20. The van der Waals surface area contributed by atoms with Crippen molar-refractivity contribution in [3.63, 3.8) is 0 Å². The van der Waals surface area contributed by atoms with Gasteiger partial charge in [-0.05, 0) is 61.1 Å². The summed E-state index contributed by atoms with van der Waals surface area (Å²) >= 11 is 0. The molecule has 2 amide bonds. The van der Waals surface area contributed by atoms with Crippen LogP contribution in [0.25, 0.3) is 0 Å². The molecule has 8 nitrogen and oxygen atoms in total. The fourth-order valence-corrected chi connectivity index (χ4v) is 4.77. The summed E-state index contributed by atoms with van der Waals surface area (Å²) in [6, 6.07) is 11.8. The highest BCUT2D eigenvalue weighted by Crippen LogP contribution is 2.26. The van der Waals surface area contributed by atoms with E-state index >= 15 is 0 Å². The van der Waals surface area contributed by atoms with Gasteiger partial charge in [0, 0.05) is 13.1 Å². The van der Waals surface area contributed by atoms with Gasteiger partial charge >= 0.3 is 0 Å². The van der Waals surface area contributed by atoms with Crippen LogP contribution in [-0.2, 0) is 26.2 Å². The monoisotopic (exact) mass is 517 g/mol. The molecular weight excluding hydrogens is 478 g/mol. The molecule has 2 rings (SSSR count). The number of rotatable bonds is 12. The molecule has 0 saturated heterocycles. The number of anilines is 1. The number of sulfonamides is 1. The van der Waals surface area contributed by atoms with E-state index in [1.807, 2.05) is 52.8 Å².